The summed E-state index contributed by atoms with van der Waals surface area (Å²) in [6.45, 7) is 10.2. The van der Waals surface area contributed by atoms with Crippen molar-refractivity contribution >= 4 is 5.78 Å². The van der Waals surface area contributed by atoms with Gasteiger partial charge in [0, 0.05) is 0 Å². The van der Waals surface area contributed by atoms with Crippen molar-refractivity contribution < 1.29 is 4.79 Å². The van der Waals surface area contributed by atoms with Crippen molar-refractivity contribution in [2.24, 2.45) is 5.41 Å². The van der Waals surface area contributed by atoms with Gasteiger partial charge >= 0.3 is 0 Å². The summed E-state index contributed by atoms with van der Waals surface area (Å²) in [6, 6.07) is 0. The maximum atomic E-state index is 11.1. The normalized spacial score (nSPS) is 23.2. The molecule has 1 nitrogen and oxygen atoms in total. The third-order valence-corrected chi connectivity index (χ3v) is 3.43. The topological polar surface area (TPSA) is 17.1 Å². The zero-order valence-corrected chi connectivity index (χ0v) is 11.1. The fourth-order valence-corrected chi connectivity index (χ4v) is 2.11. The predicted molar refractivity (Wildman–Crippen MR) is 69.3 cm³/mol. The number of rotatable bonds is 2. The molecular formula is C15H22O. The second-order valence-corrected chi connectivity index (χ2v) is 5.30. The Kier molecular flexibility index (Phi) is 3.90. The molecule has 0 fully saturated rings. The summed E-state index contributed by atoms with van der Waals surface area (Å²) in [5, 5.41) is 0. The number of carbonyl (C=O) groups excluding carboxylic acids is 1. The van der Waals surface area contributed by atoms with Crippen LogP contribution in [0.1, 0.15) is 47.5 Å². The molecule has 0 atom stereocenters. The molecule has 0 aliphatic heterocycles. The van der Waals surface area contributed by atoms with E-state index in [0.717, 1.165) is 12.0 Å². The molecule has 0 amide bonds. The van der Waals surface area contributed by atoms with Crippen LogP contribution < -0.4 is 0 Å². The second-order valence-electron chi connectivity index (χ2n) is 5.30. The lowest BCUT2D eigenvalue weighted by atomic mass is 9.73. The fourth-order valence-electron chi connectivity index (χ4n) is 2.11. The van der Waals surface area contributed by atoms with E-state index in [0.29, 0.717) is 0 Å². The number of hydrogen-bond donors (Lipinski definition) is 0. The van der Waals surface area contributed by atoms with Crippen molar-refractivity contribution in [1.29, 1.82) is 0 Å². The van der Waals surface area contributed by atoms with Gasteiger partial charge < -0.3 is 0 Å². The second kappa shape index (κ2) is 4.82. The molecule has 0 radical (unpaired) electrons. The average Bonchev–Trinajstić information content (AvgIpc) is 2.15. The largest absolute Gasteiger partial charge is 0.295 e. The van der Waals surface area contributed by atoms with E-state index in [1.807, 2.05) is 13.0 Å². The van der Waals surface area contributed by atoms with Crippen LogP contribution in [0, 0.1) is 5.41 Å². The lowest BCUT2D eigenvalue weighted by Gasteiger charge is -2.32. The van der Waals surface area contributed by atoms with E-state index in [1.54, 1.807) is 6.92 Å². The Balaban J connectivity index is 3.05. The van der Waals surface area contributed by atoms with Crippen LogP contribution in [-0.4, -0.2) is 5.78 Å². The van der Waals surface area contributed by atoms with Crippen molar-refractivity contribution in [2.45, 2.75) is 47.5 Å². The molecule has 1 aliphatic rings. The van der Waals surface area contributed by atoms with E-state index >= 15 is 0 Å². The van der Waals surface area contributed by atoms with Gasteiger partial charge in [0.25, 0.3) is 0 Å². The first-order chi connectivity index (χ1) is 7.34. The van der Waals surface area contributed by atoms with Gasteiger partial charge in [-0.05, 0) is 50.2 Å². The molecule has 0 saturated heterocycles. The van der Waals surface area contributed by atoms with Gasteiger partial charge in [0.15, 0.2) is 5.78 Å². The Bertz CT molecular complexity index is 378. The van der Waals surface area contributed by atoms with Crippen molar-refractivity contribution in [3.8, 4) is 0 Å². The maximum Gasteiger partial charge on any atom is 0.155 e. The number of hydrogen-bond acceptors (Lipinski definition) is 1. The first-order valence-electron chi connectivity index (χ1n) is 5.92. The minimum Gasteiger partial charge on any atom is -0.295 e. The molecule has 0 N–H and O–H groups in total. The molecule has 88 valence electrons. The lowest BCUT2D eigenvalue weighted by molar-refractivity contribution is -0.113. The van der Waals surface area contributed by atoms with Gasteiger partial charge in [0.05, 0.1) is 0 Å². The highest BCUT2D eigenvalue weighted by molar-refractivity contribution is 5.92. The van der Waals surface area contributed by atoms with E-state index in [1.165, 1.54) is 17.6 Å². The Morgan fingerprint density at radius 2 is 2.00 bits per heavy atom. The predicted octanol–water partition coefficient (Wildman–Crippen LogP) is 4.21. The van der Waals surface area contributed by atoms with E-state index in [9.17, 15) is 4.79 Å². The van der Waals surface area contributed by atoms with Gasteiger partial charge in [-0.2, -0.15) is 0 Å². The quantitative estimate of drug-likeness (QED) is 0.634. The zero-order chi connectivity index (χ0) is 12.3. The molecule has 0 bridgehead atoms. The van der Waals surface area contributed by atoms with Gasteiger partial charge in [-0.15, -0.1) is 0 Å². The Morgan fingerprint density at radius 1 is 1.38 bits per heavy atom. The Hall–Kier alpha value is -1.11. The third kappa shape index (κ3) is 2.94. The van der Waals surface area contributed by atoms with Gasteiger partial charge in [-0.25, -0.2) is 0 Å². The number of allylic oxidation sites excluding steroid dienone is 6. The molecule has 0 heterocycles. The monoisotopic (exact) mass is 218 g/mol. The van der Waals surface area contributed by atoms with Gasteiger partial charge in [0.2, 0.25) is 0 Å². The van der Waals surface area contributed by atoms with Gasteiger partial charge in [0.1, 0.15) is 0 Å². The summed E-state index contributed by atoms with van der Waals surface area (Å²) in [5.41, 5.74) is 3.76. The molecule has 1 rings (SSSR count). The zero-order valence-electron chi connectivity index (χ0n) is 11.1. The highest BCUT2D eigenvalue weighted by Gasteiger charge is 2.26. The third-order valence-electron chi connectivity index (χ3n) is 3.43. The van der Waals surface area contributed by atoms with E-state index in [4.69, 9.17) is 0 Å². The van der Waals surface area contributed by atoms with Crippen LogP contribution in [0.2, 0.25) is 0 Å². The van der Waals surface area contributed by atoms with Crippen molar-refractivity contribution in [3.05, 3.63) is 34.9 Å². The van der Waals surface area contributed by atoms with Crippen LogP contribution in [0.3, 0.4) is 0 Å². The lowest BCUT2D eigenvalue weighted by Crippen LogP contribution is -2.18. The molecule has 0 aromatic rings. The molecular weight excluding hydrogens is 196 g/mol. The molecule has 0 aromatic heterocycles. The summed E-state index contributed by atoms with van der Waals surface area (Å²) < 4.78 is 0. The SMILES string of the molecule is CC(=O)/C(C)=C/C=C1/C(C)=CCCC1(C)C. The average molecular weight is 218 g/mol. The maximum absolute atomic E-state index is 11.1. The summed E-state index contributed by atoms with van der Waals surface area (Å²) in [4.78, 5) is 11.1. The van der Waals surface area contributed by atoms with Crippen LogP contribution in [0.5, 0.6) is 0 Å². The van der Waals surface area contributed by atoms with Crippen LogP contribution in [0.15, 0.2) is 34.9 Å². The minimum absolute atomic E-state index is 0.145. The molecule has 1 heteroatoms. The smallest absolute Gasteiger partial charge is 0.155 e. The molecule has 16 heavy (non-hydrogen) atoms. The van der Waals surface area contributed by atoms with Crippen LogP contribution in [0.4, 0.5) is 0 Å². The van der Waals surface area contributed by atoms with Crippen LogP contribution >= 0.6 is 0 Å². The van der Waals surface area contributed by atoms with Gasteiger partial charge in [-0.3, -0.25) is 4.79 Å². The summed E-state index contributed by atoms with van der Waals surface area (Å²) >= 11 is 0. The van der Waals surface area contributed by atoms with Gasteiger partial charge in [-0.1, -0.05) is 37.6 Å². The molecule has 0 spiro atoms. The first kappa shape index (κ1) is 13.0. The Labute approximate surface area is 98.9 Å². The van der Waals surface area contributed by atoms with Crippen LogP contribution in [0.25, 0.3) is 0 Å². The standard InChI is InChI=1S/C15H22O/c1-11(13(3)16)8-9-14-12(2)7-6-10-15(14,4)5/h7-9H,6,10H2,1-5H3/b11-8+,14-9-. The van der Waals surface area contributed by atoms with Crippen molar-refractivity contribution in [2.75, 3.05) is 0 Å². The minimum atomic E-state index is 0.145. The van der Waals surface area contributed by atoms with E-state index in [2.05, 4.69) is 32.9 Å². The molecule has 1 aliphatic carbocycles. The summed E-state index contributed by atoms with van der Waals surface area (Å²) in [7, 11) is 0. The highest BCUT2D eigenvalue weighted by Crippen LogP contribution is 2.40. The number of carbonyl (C=O) groups is 1. The number of Topliss-reactive ketones (excluding diaryl/α,β-unsaturated/α-hetero) is 1. The Morgan fingerprint density at radius 3 is 2.50 bits per heavy atom. The van der Waals surface area contributed by atoms with Crippen molar-refractivity contribution in [3.63, 3.8) is 0 Å². The van der Waals surface area contributed by atoms with E-state index in [-0.39, 0.29) is 11.2 Å². The molecule has 0 aromatic carbocycles. The highest BCUT2D eigenvalue weighted by atomic mass is 16.1. The van der Waals surface area contributed by atoms with Crippen molar-refractivity contribution in [1.82, 2.24) is 0 Å². The molecule has 0 unspecified atom stereocenters. The number of ketones is 1. The van der Waals surface area contributed by atoms with Crippen LogP contribution in [-0.2, 0) is 4.79 Å². The fraction of sp³-hybridized carbons (Fsp3) is 0.533. The molecule has 0 saturated carbocycles. The van der Waals surface area contributed by atoms with E-state index < -0.39 is 0 Å². The first-order valence-corrected chi connectivity index (χ1v) is 5.92. The summed E-state index contributed by atoms with van der Waals surface area (Å²) in [5.74, 6) is 0.145. The summed E-state index contributed by atoms with van der Waals surface area (Å²) in [6.07, 6.45) is 8.69.